The van der Waals surface area contributed by atoms with Crippen molar-refractivity contribution in [3.63, 3.8) is 0 Å². The fourth-order valence-corrected chi connectivity index (χ4v) is 5.87. The highest BCUT2D eigenvalue weighted by molar-refractivity contribution is 7.93. The molecule has 2 aromatic heterocycles. The molecular formula is C23H16Cl2F3N3O4S. The fourth-order valence-electron chi connectivity index (χ4n) is 3.60. The van der Waals surface area contributed by atoms with Crippen LogP contribution in [0, 0.1) is 0 Å². The van der Waals surface area contributed by atoms with Gasteiger partial charge in [0.25, 0.3) is 10.0 Å². The molecule has 0 radical (unpaired) electrons. The van der Waals surface area contributed by atoms with E-state index < -0.39 is 43.5 Å². The highest BCUT2D eigenvalue weighted by Gasteiger charge is 2.35. The summed E-state index contributed by atoms with van der Waals surface area (Å²) < 4.78 is 69.5. The lowest BCUT2D eigenvalue weighted by atomic mass is 10.1. The minimum Gasteiger partial charge on any atom is -0.478 e. The molecule has 13 heteroatoms. The number of anilines is 1. The van der Waals surface area contributed by atoms with E-state index in [1.807, 2.05) is 23.9 Å². The van der Waals surface area contributed by atoms with Crippen molar-refractivity contribution < 1.29 is 31.5 Å². The first-order chi connectivity index (χ1) is 16.8. The van der Waals surface area contributed by atoms with Gasteiger partial charge >= 0.3 is 12.1 Å². The van der Waals surface area contributed by atoms with Crippen LogP contribution in [0.3, 0.4) is 0 Å². The number of fused-ring (bicyclic) bond motifs is 1. The Bertz CT molecular complexity index is 1600. The summed E-state index contributed by atoms with van der Waals surface area (Å²) in [5.41, 5.74) is -0.0201. The first kappa shape index (κ1) is 25.8. The van der Waals surface area contributed by atoms with Crippen LogP contribution in [0.25, 0.3) is 10.9 Å². The van der Waals surface area contributed by atoms with Gasteiger partial charge in [0, 0.05) is 25.0 Å². The summed E-state index contributed by atoms with van der Waals surface area (Å²) in [6.07, 6.45) is -2.44. The van der Waals surface area contributed by atoms with Crippen LogP contribution in [0.4, 0.5) is 19.0 Å². The normalized spacial score (nSPS) is 12.2. The second kappa shape index (κ2) is 9.30. The number of nitrogens with zero attached hydrogens (tertiary/aromatic N) is 3. The number of hydrogen-bond donors (Lipinski definition) is 1. The van der Waals surface area contributed by atoms with E-state index >= 15 is 0 Å². The van der Waals surface area contributed by atoms with Crippen LogP contribution >= 0.6 is 23.2 Å². The van der Waals surface area contributed by atoms with Crippen molar-refractivity contribution in [1.29, 1.82) is 0 Å². The number of aryl methyl sites for hydroxylation is 1. The van der Waals surface area contributed by atoms with Crippen molar-refractivity contribution in [2.75, 3.05) is 4.31 Å². The largest absolute Gasteiger partial charge is 0.478 e. The Kier molecular flexibility index (Phi) is 6.67. The van der Waals surface area contributed by atoms with Gasteiger partial charge in [-0.3, -0.25) is 0 Å². The number of carboxylic acid groups (broad SMARTS) is 1. The number of halogens is 5. The zero-order valence-electron chi connectivity index (χ0n) is 18.3. The molecule has 2 aromatic carbocycles. The molecule has 0 atom stereocenters. The summed E-state index contributed by atoms with van der Waals surface area (Å²) in [6, 6.07) is 10.6. The monoisotopic (exact) mass is 557 g/mol. The van der Waals surface area contributed by atoms with Crippen molar-refractivity contribution in [2.24, 2.45) is 7.05 Å². The van der Waals surface area contributed by atoms with Gasteiger partial charge in [-0.2, -0.15) is 13.2 Å². The van der Waals surface area contributed by atoms with Gasteiger partial charge in [0.1, 0.15) is 4.90 Å². The van der Waals surface area contributed by atoms with Crippen LogP contribution in [-0.4, -0.2) is 29.0 Å². The zero-order valence-corrected chi connectivity index (χ0v) is 20.6. The highest BCUT2D eigenvalue weighted by Crippen LogP contribution is 2.37. The Morgan fingerprint density at radius 1 is 1.08 bits per heavy atom. The predicted molar refractivity (Wildman–Crippen MR) is 129 cm³/mol. The van der Waals surface area contributed by atoms with Gasteiger partial charge in [-0.05, 0) is 53.4 Å². The molecule has 0 spiro atoms. The van der Waals surface area contributed by atoms with Crippen LogP contribution in [0.15, 0.2) is 65.8 Å². The number of sulfonamides is 1. The maximum atomic E-state index is 13.7. The molecule has 7 nitrogen and oxygen atoms in total. The molecule has 0 saturated carbocycles. The van der Waals surface area contributed by atoms with Gasteiger partial charge in [-0.15, -0.1) is 0 Å². The van der Waals surface area contributed by atoms with E-state index in [0.29, 0.717) is 17.8 Å². The summed E-state index contributed by atoms with van der Waals surface area (Å²) in [5.74, 6) is -1.77. The third-order valence-electron chi connectivity index (χ3n) is 5.41. The number of benzene rings is 2. The van der Waals surface area contributed by atoms with Crippen LogP contribution in [0.5, 0.6) is 0 Å². The van der Waals surface area contributed by atoms with Crippen LogP contribution < -0.4 is 4.31 Å². The average molecular weight is 558 g/mol. The maximum Gasteiger partial charge on any atom is 0.417 e. The van der Waals surface area contributed by atoms with E-state index in [9.17, 15) is 26.4 Å². The van der Waals surface area contributed by atoms with Crippen molar-refractivity contribution in [3.8, 4) is 0 Å². The molecule has 0 fully saturated rings. The summed E-state index contributed by atoms with van der Waals surface area (Å²) in [4.78, 5) is 14.5. The molecule has 4 rings (SSSR count). The number of aromatic carboxylic acids is 1. The molecule has 0 unspecified atom stereocenters. The average Bonchev–Trinajstić information content (AvgIpc) is 3.16. The minimum atomic E-state index is -4.74. The van der Waals surface area contributed by atoms with E-state index in [1.165, 1.54) is 0 Å². The molecule has 188 valence electrons. The van der Waals surface area contributed by atoms with Gasteiger partial charge in [-0.1, -0.05) is 29.3 Å². The van der Waals surface area contributed by atoms with Crippen molar-refractivity contribution in [3.05, 3.63) is 87.7 Å². The Morgan fingerprint density at radius 2 is 1.81 bits per heavy atom. The lowest BCUT2D eigenvalue weighted by molar-refractivity contribution is -0.137. The van der Waals surface area contributed by atoms with Gasteiger partial charge in [-0.25, -0.2) is 22.5 Å². The van der Waals surface area contributed by atoms with E-state index in [0.717, 1.165) is 33.4 Å². The Balaban J connectivity index is 1.86. The van der Waals surface area contributed by atoms with Gasteiger partial charge in [0.2, 0.25) is 0 Å². The Morgan fingerprint density at radius 3 is 2.42 bits per heavy atom. The lowest BCUT2D eigenvalue weighted by Crippen LogP contribution is -2.32. The summed E-state index contributed by atoms with van der Waals surface area (Å²) in [6.45, 7) is -0.345. The topological polar surface area (TPSA) is 92.5 Å². The smallest absolute Gasteiger partial charge is 0.417 e. The first-order valence-corrected chi connectivity index (χ1v) is 12.3. The fraction of sp³-hybridized carbons (Fsp3) is 0.130. The van der Waals surface area contributed by atoms with E-state index in [1.54, 1.807) is 18.2 Å². The molecule has 2 heterocycles. The number of carboxylic acids is 1. The standard InChI is InChI=1S/C23H16Cl2F3N3O4S/c1-30-7-6-14-8-13(2-4-19(14)30)12-31(21-18(25)10-16(11-29-21)23(26,27)28)36(34,35)20-5-3-15(22(32)33)9-17(20)24/h2-11H,12H2,1H3,(H,32,33). The number of rotatable bonds is 6. The third kappa shape index (κ3) is 4.86. The van der Waals surface area contributed by atoms with Gasteiger partial charge in [0.05, 0.1) is 27.7 Å². The second-order valence-electron chi connectivity index (χ2n) is 7.81. The Labute approximate surface area is 213 Å². The van der Waals surface area contributed by atoms with Crippen LogP contribution in [0.2, 0.25) is 10.0 Å². The summed E-state index contributed by atoms with van der Waals surface area (Å²) in [7, 11) is -2.73. The molecule has 0 aliphatic heterocycles. The maximum absolute atomic E-state index is 13.7. The van der Waals surface area contributed by atoms with Crippen molar-refractivity contribution in [2.45, 2.75) is 17.6 Å². The van der Waals surface area contributed by atoms with Crippen molar-refractivity contribution in [1.82, 2.24) is 9.55 Å². The summed E-state index contributed by atoms with van der Waals surface area (Å²) >= 11 is 12.2. The molecule has 0 aliphatic carbocycles. The van der Waals surface area contributed by atoms with Crippen molar-refractivity contribution >= 4 is 55.9 Å². The van der Waals surface area contributed by atoms with E-state index in [4.69, 9.17) is 28.3 Å². The molecule has 1 N–H and O–H groups in total. The lowest BCUT2D eigenvalue weighted by Gasteiger charge is -2.25. The molecule has 4 aromatic rings. The number of aromatic nitrogens is 2. The quantitative estimate of drug-likeness (QED) is 0.314. The van der Waals surface area contributed by atoms with E-state index in [-0.39, 0.29) is 17.1 Å². The molecule has 0 amide bonds. The summed E-state index contributed by atoms with van der Waals surface area (Å²) in [5, 5.41) is 9.03. The number of carbonyl (C=O) groups is 1. The van der Waals surface area contributed by atoms with Gasteiger partial charge in [0.15, 0.2) is 5.82 Å². The highest BCUT2D eigenvalue weighted by atomic mass is 35.5. The SMILES string of the molecule is Cn1ccc2cc(CN(c3ncc(C(F)(F)F)cc3Cl)S(=O)(=O)c3ccc(C(=O)O)cc3Cl)ccc21. The molecule has 0 aliphatic rings. The molecule has 0 bridgehead atoms. The number of alkyl halides is 3. The van der Waals surface area contributed by atoms with Crippen LogP contribution in [0.1, 0.15) is 21.5 Å². The predicted octanol–water partition coefficient (Wildman–Crippen LogP) is 5.99. The first-order valence-electron chi connectivity index (χ1n) is 10.1. The molecule has 0 saturated heterocycles. The zero-order chi connectivity index (χ0) is 26.4. The van der Waals surface area contributed by atoms with E-state index in [2.05, 4.69) is 4.98 Å². The minimum absolute atomic E-state index is 0.245. The van der Waals surface area contributed by atoms with Crippen LogP contribution in [-0.2, 0) is 29.8 Å². The molecule has 36 heavy (non-hydrogen) atoms. The Hall–Kier alpha value is -3.28. The second-order valence-corrected chi connectivity index (χ2v) is 10.5. The number of hydrogen-bond acceptors (Lipinski definition) is 4. The molecular weight excluding hydrogens is 542 g/mol. The number of pyridine rings is 1. The third-order valence-corrected chi connectivity index (χ3v) is 7.91. The van der Waals surface area contributed by atoms with Gasteiger partial charge < -0.3 is 9.67 Å².